The molecule has 0 spiro atoms. The molecule has 114 valence electrons. The van der Waals surface area contributed by atoms with Crippen LogP contribution in [0.1, 0.15) is 5.89 Å². The number of rotatable bonds is 4. The topological polar surface area (TPSA) is 64.7 Å². The summed E-state index contributed by atoms with van der Waals surface area (Å²) in [5.41, 5.74) is 1.71. The molecule has 0 aliphatic carbocycles. The Hall–Kier alpha value is -1.96. The van der Waals surface area contributed by atoms with Gasteiger partial charge in [0.05, 0.1) is 21.0 Å². The number of thioether (sulfide) groups is 1. The number of hydrogen-bond donors (Lipinski definition) is 0. The molecule has 23 heavy (non-hydrogen) atoms. The van der Waals surface area contributed by atoms with Gasteiger partial charge in [-0.1, -0.05) is 40.7 Å². The zero-order chi connectivity index (χ0) is 15.6. The van der Waals surface area contributed by atoms with Crippen LogP contribution in [0.3, 0.4) is 0 Å². The molecule has 0 bridgehead atoms. The quantitative estimate of drug-likeness (QED) is 0.388. The van der Waals surface area contributed by atoms with E-state index >= 15 is 0 Å². The van der Waals surface area contributed by atoms with Crippen molar-refractivity contribution in [2.75, 3.05) is 0 Å². The van der Waals surface area contributed by atoms with Gasteiger partial charge in [0.25, 0.3) is 0 Å². The summed E-state index contributed by atoms with van der Waals surface area (Å²) in [4.78, 5) is 13.0. The molecule has 0 saturated carbocycles. The first kappa shape index (κ1) is 14.6. The third kappa shape index (κ3) is 2.95. The Labute approximate surface area is 144 Å². The summed E-state index contributed by atoms with van der Waals surface area (Å²) < 4.78 is 6.38. The molecule has 3 aromatic heterocycles. The van der Waals surface area contributed by atoms with E-state index in [1.807, 2.05) is 29.6 Å². The Bertz CT molecular complexity index is 969. The van der Waals surface area contributed by atoms with Gasteiger partial charge in [-0.3, -0.25) is 0 Å². The van der Waals surface area contributed by atoms with Crippen LogP contribution in [0, 0.1) is 0 Å². The number of hydrogen-bond acceptors (Lipinski definition) is 7. The van der Waals surface area contributed by atoms with Crippen LogP contribution in [0.25, 0.3) is 21.6 Å². The van der Waals surface area contributed by atoms with Gasteiger partial charge in [-0.25, -0.2) is 9.97 Å². The Morgan fingerprint density at radius 3 is 3.00 bits per heavy atom. The van der Waals surface area contributed by atoms with Crippen LogP contribution in [-0.4, -0.2) is 20.1 Å². The molecule has 4 aromatic rings. The van der Waals surface area contributed by atoms with Crippen molar-refractivity contribution in [2.45, 2.75) is 10.8 Å². The van der Waals surface area contributed by atoms with Crippen molar-refractivity contribution >= 4 is 44.9 Å². The number of nitrogens with zero attached hydrogens (tertiary/aromatic N) is 4. The highest BCUT2D eigenvalue weighted by molar-refractivity contribution is 7.98. The smallest absolute Gasteiger partial charge is 0.237 e. The second kappa shape index (κ2) is 6.27. The molecule has 0 aliphatic heterocycles. The lowest BCUT2D eigenvalue weighted by Crippen LogP contribution is -1.86. The van der Waals surface area contributed by atoms with E-state index in [-0.39, 0.29) is 0 Å². The molecule has 3 heterocycles. The molecule has 0 amide bonds. The maximum absolute atomic E-state index is 6.15. The van der Waals surface area contributed by atoms with Crippen LogP contribution in [0.5, 0.6) is 0 Å². The molecule has 0 radical (unpaired) electrons. The minimum atomic E-state index is 0.496. The van der Waals surface area contributed by atoms with Crippen molar-refractivity contribution in [2.24, 2.45) is 0 Å². The Kier molecular flexibility index (Phi) is 3.99. The highest BCUT2D eigenvalue weighted by atomic mass is 35.5. The van der Waals surface area contributed by atoms with Gasteiger partial charge in [-0.05, 0) is 23.6 Å². The van der Waals surface area contributed by atoms with Crippen LogP contribution in [0.15, 0.2) is 51.6 Å². The summed E-state index contributed by atoms with van der Waals surface area (Å²) >= 11 is 9.33. The van der Waals surface area contributed by atoms with Crippen LogP contribution in [0.2, 0.25) is 5.02 Å². The van der Waals surface area contributed by atoms with Crippen LogP contribution >= 0.6 is 34.7 Å². The maximum atomic E-state index is 6.15. The van der Waals surface area contributed by atoms with Crippen molar-refractivity contribution in [3.8, 4) is 11.4 Å². The molecular weight excluding hydrogens is 352 g/mol. The van der Waals surface area contributed by atoms with E-state index in [2.05, 4.69) is 20.1 Å². The second-order valence-corrected chi connectivity index (χ2v) is 6.88. The normalized spacial score (nSPS) is 11.2. The maximum Gasteiger partial charge on any atom is 0.237 e. The Morgan fingerprint density at radius 1 is 1.17 bits per heavy atom. The Balaban J connectivity index is 1.54. The molecule has 0 fully saturated rings. The van der Waals surface area contributed by atoms with E-state index in [1.54, 1.807) is 35.5 Å². The van der Waals surface area contributed by atoms with Gasteiger partial charge in [0.1, 0.15) is 11.4 Å². The summed E-state index contributed by atoms with van der Waals surface area (Å²) in [5, 5.41) is 7.52. The number of halogens is 1. The fraction of sp³-hybridized carbons (Fsp3) is 0.0667. The summed E-state index contributed by atoms with van der Waals surface area (Å²) in [7, 11) is 0. The first-order chi connectivity index (χ1) is 11.3. The lowest BCUT2D eigenvalue weighted by molar-refractivity contribution is 0.391. The van der Waals surface area contributed by atoms with Crippen LogP contribution in [0.4, 0.5) is 0 Å². The number of aromatic nitrogens is 4. The van der Waals surface area contributed by atoms with Crippen molar-refractivity contribution in [1.82, 2.24) is 20.1 Å². The summed E-state index contributed by atoms with van der Waals surface area (Å²) in [6, 6.07) is 9.40. The first-order valence-electron chi connectivity index (χ1n) is 6.70. The largest absolute Gasteiger partial charge is 0.338 e. The predicted molar refractivity (Wildman–Crippen MR) is 91.7 cm³/mol. The van der Waals surface area contributed by atoms with Gasteiger partial charge in [0.15, 0.2) is 0 Å². The Morgan fingerprint density at radius 2 is 2.09 bits per heavy atom. The average molecular weight is 361 g/mol. The van der Waals surface area contributed by atoms with Crippen molar-refractivity contribution in [3.63, 3.8) is 0 Å². The first-order valence-corrected chi connectivity index (χ1v) is 8.94. The van der Waals surface area contributed by atoms with Crippen LogP contribution in [-0.2, 0) is 5.75 Å². The standard InChI is InChI=1S/C15H9ClN4OS2/c16-10-4-2-1-3-9(10)14-19-12(21-20-14)7-23-15-13-11(5-6-22-13)17-8-18-15/h1-6,8H,7H2. The third-order valence-corrected chi connectivity index (χ3v) is 5.47. The molecule has 0 unspecified atom stereocenters. The van der Waals surface area contributed by atoms with E-state index in [9.17, 15) is 0 Å². The van der Waals surface area contributed by atoms with E-state index in [1.165, 1.54) is 0 Å². The van der Waals surface area contributed by atoms with E-state index in [0.29, 0.717) is 22.5 Å². The lowest BCUT2D eigenvalue weighted by atomic mass is 10.2. The molecule has 0 aliphatic rings. The molecular formula is C15H9ClN4OS2. The van der Waals surface area contributed by atoms with E-state index < -0.39 is 0 Å². The minimum Gasteiger partial charge on any atom is -0.338 e. The highest BCUT2D eigenvalue weighted by Gasteiger charge is 2.13. The van der Waals surface area contributed by atoms with Gasteiger partial charge < -0.3 is 4.52 Å². The molecule has 8 heteroatoms. The van der Waals surface area contributed by atoms with Gasteiger partial charge >= 0.3 is 0 Å². The van der Waals surface area contributed by atoms with Crippen molar-refractivity contribution in [1.29, 1.82) is 0 Å². The molecule has 0 N–H and O–H groups in total. The molecule has 1 aromatic carbocycles. The number of benzene rings is 1. The molecule has 0 atom stereocenters. The zero-order valence-corrected chi connectivity index (χ0v) is 14.0. The van der Waals surface area contributed by atoms with Crippen molar-refractivity contribution in [3.05, 3.63) is 53.0 Å². The minimum absolute atomic E-state index is 0.496. The van der Waals surface area contributed by atoms with E-state index in [0.717, 1.165) is 20.8 Å². The van der Waals surface area contributed by atoms with Crippen LogP contribution < -0.4 is 0 Å². The van der Waals surface area contributed by atoms with E-state index in [4.69, 9.17) is 16.1 Å². The van der Waals surface area contributed by atoms with Gasteiger partial charge in [0, 0.05) is 5.56 Å². The number of fused-ring (bicyclic) bond motifs is 1. The second-order valence-electron chi connectivity index (χ2n) is 4.59. The monoisotopic (exact) mass is 360 g/mol. The van der Waals surface area contributed by atoms with Gasteiger partial charge in [-0.15, -0.1) is 11.3 Å². The SMILES string of the molecule is Clc1ccccc1-c1noc(CSc2ncnc3ccsc23)n1. The molecule has 5 nitrogen and oxygen atoms in total. The van der Waals surface area contributed by atoms with Gasteiger partial charge in [-0.2, -0.15) is 4.98 Å². The average Bonchev–Trinajstić information content (AvgIpc) is 3.22. The van der Waals surface area contributed by atoms with Crippen molar-refractivity contribution < 1.29 is 4.52 Å². The fourth-order valence-corrected chi connectivity index (χ4v) is 4.07. The van der Waals surface area contributed by atoms with Gasteiger partial charge in [0.2, 0.25) is 11.7 Å². The molecule has 0 saturated heterocycles. The predicted octanol–water partition coefficient (Wildman–Crippen LogP) is 4.69. The zero-order valence-electron chi connectivity index (χ0n) is 11.6. The molecule has 4 rings (SSSR count). The summed E-state index contributed by atoms with van der Waals surface area (Å²) in [6.45, 7) is 0. The highest BCUT2D eigenvalue weighted by Crippen LogP contribution is 2.31. The third-order valence-electron chi connectivity index (χ3n) is 3.13. The lowest BCUT2D eigenvalue weighted by Gasteiger charge is -1.98. The number of thiophene rings is 1. The fourth-order valence-electron chi connectivity index (χ4n) is 2.06. The summed E-state index contributed by atoms with van der Waals surface area (Å²) in [6.07, 6.45) is 1.57. The summed E-state index contributed by atoms with van der Waals surface area (Å²) in [5.74, 6) is 1.57.